The lowest BCUT2D eigenvalue weighted by Crippen LogP contribution is -2.27. The van der Waals surface area contributed by atoms with Gasteiger partial charge in [0, 0.05) is 30.1 Å². The van der Waals surface area contributed by atoms with E-state index in [0.29, 0.717) is 29.5 Å². The zero-order valence-corrected chi connectivity index (χ0v) is 17.3. The summed E-state index contributed by atoms with van der Waals surface area (Å²) in [5, 5.41) is 10.4. The van der Waals surface area contributed by atoms with Gasteiger partial charge in [-0.2, -0.15) is 0 Å². The summed E-state index contributed by atoms with van der Waals surface area (Å²) >= 11 is 0. The van der Waals surface area contributed by atoms with Crippen molar-refractivity contribution >= 4 is 6.09 Å². The lowest BCUT2D eigenvalue weighted by Gasteiger charge is -2.12. The molecule has 158 valence electrons. The summed E-state index contributed by atoms with van der Waals surface area (Å²) in [4.78, 5) is 16.4. The third-order valence-corrected chi connectivity index (χ3v) is 4.59. The molecule has 0 aliphatic rings. The Morgan fingerprint density at radius 1 is 1.10 bits per heavy atom. The molecule has 1 aromatic carbocycles. The molecule has 0 fully saturated rings. The maximum atomic E-state index is 12.1. The normalized spacial score (nSPS) is 10.6. The number of aromatic nitrogens is 3. The fourth-order valence-corrected chi connectivity index (χ4v) is 3.04. The first-order valence-electron chi connectivity index (χ1n) is 10.1. The number of unbranched alkanes of at least 4 members (excludes halogenated alkanes) is 4. The monoisotopic (exact) mass is 410 g/mol. The first-order chi connectivity index (χ1) is 14.7. The molecule has 1 N–H and O–H groups in total. The van der Waals surface area contributed by atoms with Crippen molar-refractivity contribution in [2.24, 2.45) is 0 Å². The molecule has 3 aromatic rings. The first kappa shape index (κ1) is 21.3. The van der Waals surface area contributed by atoms with Crippen molar-refractivity contribution in [1.82, 2.24) is 20.5 Å². The summed E-state index contributed by atoms with van der Waals surface area (Å²) in [7, 11) is 1.58. The Morgan fingerprint density at radius 2 is 1.93 bits per heavy atom. The van der Waals surface area contributed by atoms with E-state index >= 15 is 0 Å². The number of rotatable bonds is 10. The van der Waals surface area contributed by atoms with Gasteiger partial charge in [0.25, 0.3) is 0 Å². The highest BCUT2D eigenvalue weighted by molar-refractivity contribution is 5.76. The molecule has 8 heteroatoms. The van der Waals surface area contributed by atoms with E-state index < -0.39 is 6.09 Å². The smallest absolute Gasteiger partial charge is 0.412 e. The SMILES string of the molecule is CCCCCCCNC(=O)Oc1ccc(OC)c(-c2cncc(-c3nnco3)c2)c1. The van der Waals surface area contributed by atoms with Gasteiger partial charge in [0.15, 0.2) is 0 Å². The lowest BCUT2D eigenvalue weighted by atomic mass is 10.0. The summed E-state index contributed by atoms with van der Waals surface area (Å²) in [6.45, 7) is 2.78. The van der Waals surface area contributed by atoms with Gasteiger partial charge < -0.3 is 19.2 Å². The van der Waals surface area contributed by atoms with Crippen LogP contribution in [0.25, 0.3) is 22.6 Å². The van der Waals surface area contributed by atoms with Crippen LogP contribution >= 0.6 is 0 Å². The Morgan fingerprint density at radius 3 is 2.70 bits per heavy atom. The van der Waals surface area contributed by atoms with E-state index in [0.717, 1.165) is 24.0 Å². The van der Waals surface area contributed by atoms with E-state index in [9.17, 15) is 4.79 Å². The number of carbonyl (C=O) groups excluding carboxylic acids is 1. The summed E-state index contributed by atoms with van der Waals surface area (Å²) in [6, 6.07) is 7.05. The molecule has 8 nitrogen and oxygen atoms in total. The number of nitrogens with zero attached hydrogens (tertiary/aromatic N) is 3. The number of methoxy groups -OCH3 is 1. The topological polar surface area (TPSA) is 99.4 Å². The van der Waals surface area contributed by atoms with E-state index in [1.165, 1.54) is 25.7 Å². The summed E-state index contributed by atoms with van der Waals surface area (Å²) < 4.78 is 16.1. The van der Waals surface area contributed by atoms with Gasteiger partial charge in [-0.3, -0.25) is 4.98 Å². The van der Waals surface area contributed by atoms with Crippen LogP contribution in [-0.2, 0) is 0 Å². The summed E-state index contributed by atoms with van der Waals surface area (Å²) in [5.41, 5.74) is 2.18. The third-order valence-electron chi connectivity index (χ3n) is 4.59. The molecular weight excluding hydrogens is 384 g/mol. The second-order valence-electron chi connectivity index (χ2n) is 6.80. The van der Waals surface area contributed by atoms with Crippen molar-refractivity contribution in [2.75, 3.05) is 13.7 Å². The van der Waals surface area contributed by atoms with Gasteiger partial charge in [0.2, 0.25) is 12.3 Å². The predicted molar refractivity (Wildman–Crippen MR) is 112 cm³/mol. The third kappa shape index (κ3) is 5.79. The van der Waals surface area contributed by atoms with Crippen molar-refractivity contribution in [2.45, 2.75) is 39.0 Å². The maximum absolute atomic E-state index is 12.1. The minimum atomic E-state index is -0.473. The van der Waals surface area contributed by atoms with Crippen molar-refractivity contribution in [3.8, 4) is 34.1 Å². The highest BCUT2D eigenvalue weighted by Gasteiger charge is 2.13. The predicted octanol–water partition coefficient (Wildman–Crippen LogP) is 4.87. The van der Waals surface area contributed by atoms with E-state index in [4.69, 9.17) is 13.9 Å². The van der Waals surface area contributed by atoms with Crippen LogP contribution in [0.1, 0.15) is 39.0 Å². The number of hydrogen-bond donors (Lipinski definition) is 1. The van der Waals surface area contributed by atoms with Gasteiger partial charge in [-0.25, -0.2) is 4.79 Å². The minimum absolute atomic E-state index is 0.369. The molecule has 2 aromatic heterocycles. The Kier molecular flexibility index (Phi) is 7.77. The number of pyridine rings is 1. The van der Waals surface area contributed by atoms with Crippen LogP contribution in [0.5, 0.6) is 11.5 Å². The van der Waals surface area contributed by atoms with Gasteiger partial charge >= 0.3 is 6.09 Å². The zero-order chi connectivity index (χ0) is 21.2. The van der Waals surface area contributed by atoms with Crippen molar-refractivity contribution < 1.29 is 18.7 Å². The Hall–Kier alpha value is -3.42. The van der Waals surface area contributed by atoms with Gasteiger partial charge in [0.05, 0.1) is 12.7 Å². The molecule has 3 rings (SSSR count). The summed E-state index contributed by atoms with van der Waals surface area (Å²) in [6.07, 6.45) is 9.77. The molecule has 0 bridgehead atoms. The van der Waals surface area contributed by atoms with Crippen molar-refractivity contribution in [1.29, 1.82) is 0 Å². The fraction of sp³-hybridized carbons (Fsp3) is 0.364. The van der Waals surface area contributed by atoms with Crippen LogP contribution in [0, 0.1) is 0 Å². The molecule has 0 saturated carbocycles. The number of hydrogen-bond acceptors (Lipinski definition) is 7. The molecule has 1 amide bonds. The van der Waals surface area contributed by atoms with E-state index in [1.54, 1.807) is 37.7 Å². The van der Waals surface area contributed by atoms with Crippen LogP contribution in [-0.4, -0.2) is 34.9 Å². The number of benzene rings is 1. The van der Waals surface area contributed by atoms with Crippen LogP contribution in [0.3, 0.4) is 0 Å². The Bertz CT molecular complexity index is 944. The largest absolute Gasteiger partial charge is 0.496 e. The first-order valence-corrected chi connectivity index (χ1v) is 10.1. The Balaban J connectivity index is 1.69. The molecule has 0 atom stereocenters. The van der Waals surface area contributed by atoms with Crippen LogP contribution in [0.4, 0.5) is 4.79 Å². The zero-order valence-electron chi connectivity index (χ0n) is 17.3. The van der Waals surface area contributed by atoms with Crippen molar-refractivity contribution in [3.05, 3.63) is 43.1 Å². The number of nitrogens with one attached hydrogen (secondary N) is 1. The molecular formula is C22H26N4O4. The van der Waals surface area contributed by atoms with Gasteiger partial charge in [0.1, 0.15) is 11.5 Å². The molecule has 0 saturated heterocycles. The molecule has 2 heterocycles. The maximum Gasteiger partial charge on any atom is 0.412 e. The fourth-order valence-electron chi connectivity index (χ4n) is 3.04. The molecule has 0 radical (unpaired) electrons. The van der Waals surface area contributed by atoms with Gasteiger partial charge in [-0.05, 0) is 30.7 Å². The lowest BCUT2D eigenvalue weighted by molar-refractivity contribution is 0.200. The average Bonchev–Trinajstić information content (AvgIpc) is 3.31. The van der Waals surface area contributed by atoms with Gasteiger partial charge in [-0.1, -0.05) is 32.6 Å². The molecule has 30 heavy (non-hydrogen) atoms. The number of carbonyl (C=O) groups is 1. The molecule has 0 aliphatic carbocycles. The standard InChI is InChI=1S/C22H26N4O4/c1-3-4-5-6-7-10-24-22(27)30-18-8-9-20(28-2)19(12-18)16-11-17(14-23-13-16)21-26-25-15-29-21/h8-9,11-15H,3-7,10H2,1-2H3,(H,24,27). The van der Waals surface area contributed by atoms with E-state index in [-0.39, 0.29) is 0 Å². The van der Waals surface area contributed by atoms with E-state index in [2.05, 4.69) is 27.4 Å². The highest BCUT2D eigenvalue weighted by Crippen LogP contribution is 2.34. The molecule has 0 aliphatic heterocycles. The highest BCUT2D eigenvalue weighted by atomic mass is 16.6. The van der Waals surface area contributed by atoms with Crippen LogP contribution in [0.15, 0.2) is 47.5 Å². The number of ether oxygens (including phenoxy) is 2. The number of amides is 1. The summed E-state index contributed by atoms with van der Waals surface area (Å²) in [5.74, 6) is 1.41. The second kappa shape index (κ2) is 10.9. The van der Waals surface area contributed by atoms with Crippen molar-refractivity contribution in [3.63, 3.8) is 0 Å². The molecule has 0 unspecified atom stereocenters. The average molecular weight is 410 g/mol. The van der Waals surface area contributed by atoms with Gasteiger partial charge in [-0.15, -0.1) is 10.2 Å². The Labute approximate surface area is 175 Å². The van der Waals surface area contributed by atoms with Crippen LogP contribution in [0.2, 0.25) is 0 Å². The van der Waals surface area contributed by atoms with Crippen LogP contribution < -0.4 is 14.8 Å². The van der Waals surface area contributed by atoms with E-state index in [1.807, 2.05) is 6.07 Å². The minimum Gasteiger partial charge on any atom is -0.496 e. The second-order valence-corrected chi connectivity index (χ2v) is 6.80. The molecule has 0 spiro atoms. The quantitative estimate of drug-likeness (QED) is 0.476.